The fourth-order valence-electron chi connectivity index (χ4n) is 2.54. The molecule has 0 aromatic rings. The second kappa shape index (κ2) is 5.84. The van der Waals surface area contributed by atoms with Crippen LogP contribution in [-0.2, 0) is 14.4 Å². The maximum Gasteiger partial charge on any atom is 0.329 e. The summed E-state index contributed by atoms with van der Waals surface area (Å²) in [5.74, 6) is -1.56. The Bertz CT molecular complexity index is 356. The number of rotatable bonds is 5. The van der Waals surface area contributed by atoms with E-state index in [0.717, 1.165) is 0 Å². The zero-order chi connectivity index (χ0) is 13.8. The summed E-state index contributed by atoms with van der Waals surface area (Å²) < 4.78 is 0. The normalized spacial score (nSPS) is 22.9. The summed E-state index contributed by atoms with van der Waals surface area (Å²) in [5, 5.41) is 11.8. The first kappa shape index (κ1) is 14.5. The van der Waals surface area contributed by atoms with Crippen molar-refractivity contribution in [2.24, 2.45) is 0 Å². The molecule has 1 saturated heterocycles. The van der Waals surface area contributed by atoms with Crippen molar-refractivity contribution < 1.29 is 19.5 Å². The lowest BCUT2D eigenvalue weighted by atomic mass is 9.90. The zero-order valence-electron chi connectivity index (χ0n) is 10.9. The largest absolute Gasteiger partial charge is 0.479 e. The van der Waals surface area contributed by atoms with E-state index in [-0.39, 0.29) is 18.4 Å². The number of carbonyl (C=O) groups is 3. The molecule has 6 heteroatoms. The van der Waals surface area contributed by atoms with Gasteiger partial charge in [0.1, 0.15) is 5.54 Å². The Morgan fingerprint density at radius 2 is 2.06 bits per heavy atom. The van der Waals surface area contributed by atoms with E-state index in [1.54, 1.807) is 0 Å². The number of carbonyl (C=O) groups excluding carboxylic acids is 2. The highest BCUT2D eigenvalue weighted by atomic mass is 16.4. The molecule has 1 atom stereocenters. The molecule has 0 bridgehead atoms. The van der Waals surface area contributed by atoms with Gasteiger partial charge in [0.05, 0.1) is 6.54 Å². The molecule has 2 N–H and O–H groups in total. The number of amides is 2. The lowest BCUT2D eigenvalue weighted by Gasteiger charge is -2.34. The van der Waals surface area contributed by atoms with Gasteiger partial charge < -0.3 is 15.3 Å². The molecule has 0 radical (unpaired) electrons. The Hall–Kier alpha value is -1.59. The minimum absolute atomic E-state index is 0.131. The highest BCUT2D eigenvalue weighted by molar-refractivity contribution is 5.90. The summed E-state index contributed by atoms with van der Waals surface area (Å²) in [6.07, 6.45) is 2.34. The van der Waals surface area contributed by atoms with Crippen LogP contribution < -0.4 is 5.32 Å². The van der Waals surface area contributed by atoms with Gasteiger partial charge in [-0.15, -0.1) is 0 Å². The van der Waals surface area contributed by atoms with E-state index < -0.39 is 11.5 Å². The maximum absolute atomic E-state index is 12.0. The van der Waals surface area contributed by atoms with Crippen LogP contribution in [0.2, 0.25) is 0 Å². The van der Waals surface area contributed by atoms with Gasteiger partial charge in [0.2, 0.25) is 11.8 Å². The van der Waals surface area contributed by atoms with E-state index in [1.165, 1.54) is 11.8 Å². The highest BCUT2D eigenvalue weighted by Gasteiger charge is 2.48. The quantitative estimate of drug-likeness (QED) is 0.744. The van der Waals surface area contributed by atoms with Crippen molar-refractivity contribution in [2.75, 3.05) is 13.1 Å². The number of nitrogens with one attached hydrogen (secondary N) is 1. The van der Waals surface area contributed by atoms with Crippen LogP contribution >= 0.6 is 0 Å². The molecule has 1 fully saturated rings. The minimum atomic E-state index is -1.08. The van der Waals surface area contributed by atoms with Crippen LogP contribution in [0.1, 0.15) is 39.5 Å². The lowest BCUT2D eigenvalue weighted by Crippen LogP contribution is -2.55. The topological polar surface area (TPSA) is 86.7 Å². The highest BCUT2D eigenvalue weighted by Crippen LogP contribution is 2.33. The van der Waals surface area contributed by atoms with Crippen LogP contribution in [0.4, 0.5) is 0 Å². The van der Waals surface area contributed by atoms with Crippen molar-refractivity contribution in [3.63, 3.8) is 0 Å². The summed E-state index contributed by atoms with van der Waals surface area (Å²) in [6.45, 7) is 3.55. The monoisotopic (exact) mass is 256 g/mol. The second-order valence-electron chi connectivity index (χ2n) is 4.65. The van der Waals surface area contributed by atoms with E-state index in [2.05, 4.69) is 5.32 Å². The van der Waals surface area contributed by atoms with Crippen LogP contribution in [0.5, 0.6) is 0 Å². The van der Waals surface area contributed by atoms with Gasteiger partial charge in [-0.05, 0) is 19.3 Å². The van der Waals surface area contributed by atoms with Gasteiger partial charge in [-0.3, -0.25) is 9.59 Å². The number of hydrogen-bond donors (Lipinski definition) is 2. The van der Waals surface area contributed by atoms with Crippen molar-refractivity contribution in [1.29, 1.82) is 0 Å². The first-order valence-corrected chi connectivity index (χ1v) is 6.22. The summed E-state index contributed by atoms with van der Waals surface area (Å²) >= 11 is 0. The zero-order valence-corrected chi connectivity index (χ0v) is 10.9. The number of aliphatic carboxylic acids is 1. The average Bonchev–Trinajstić information content (AvgIpc) is 2.71. The molecule has 0 aromatic heterocycles. The number of hydrogen-bond acceptors (Lipinski definition) is 3. The Balaban J connectivity index is 2.81. The molecule has 0 spiro atoms. The van der Waals surface area contributed by atoms with Gasteiger partial charge in [-0.25, -0.2) is 4.79 Å². The molecule has 2 amide bonds. The third-order valence-corrected chi connectivity index (χ3v) is 3.34. The van der Waals surface area contributed by atoms with E-state index in [9.17, 15) is 19.5 Å². The smallest absolute Gasteiger partial charge is 0.329 e. The third-order valence-electron chi connectivity index (χ3n) is 3.34. The molecule has 0 aromatic carbocycles. The number of carboxylic acid groups (broad SMARTS) is 1. The molecule has 1 unspecified atom stereocenters. The fraction of sp³-hybridized carbons (Fsp3) is 0.750. The molecule has 1 aliphatic heterocycles. The maximum atomic E-state index is 12.0. The lowest BCUT2D eigenvalue weighted by molar-refractivity contribution is -0.156. The Morgan fingerprint density at radius 3 is 2.56 bits per heavy atom. The fourth-order valence-corrected chi connectivity index (χ4v) is 2.54. The van der Waals surface area contributed by atoms with E-state index in [4.69, 9.17) is 0 Å². The van der Waals surface area contributed by atoms with Crippen molar-refractivity contribution in [3.05, 3.63) is 0 Å². The minimum Gasteiger partial charge on any atom is -0.479 e. The van der Waals surface area contributed by atoms with Gasteiger partial charge in [0.15, 0.2) is 0 Å². The van der Waals surface area contributed by atoms with Crippen molar-refractivity contribution in [1.82, 2.24) is 10.2 Å². The van der Waals surface area contributed by atoms with E-state index in [1.807, 2.05) is 6.92 Å². The Kier molecular flexibility index (Phi) is 4.69. The Morgan fingerprint density at radius 1 is 1.39 bits per heavy atom. The molecule has 18 heavy (non-hydrogen) atoms. The van der Waals surface area contributed by atoms with Crippen LogP contribution in [0.25, 0.3) is 0 Å². The van der Waals surface area contributed by atoms with Gasteiger partial charge in [-0.2, -0.15) is 0 Å². The SMILES string of the molecule is CCCC1(C(=O)O)CCCN1C(=O)CNC(C)=O. The first-order chi connectivity index (χ1) is 8.44. The van der Waals surface area contributed by atoms with E-state index >= 15 is 0 Å². The summed E-state index contributed by atoms with van der Waals surface area (Å²) in [4.78, 5) is 35.7. The molecule has 0 aliphatic carbocycles. The van der Waals surface area contributed by atoms with Crippen LogP contribution in [0, 0.1) is 0 Å². The third kappa shape index (κ3) is 2.80. The molecule has 1 heterocycles. The molecule has 1 rings (SSSR count). The average molecular weight is 256 g/mol. The summed E-state index contributed by atoms with van der Waals surface area (Å²) in [6, 6.07) is 0. The van der Waals surface area contributed by atoms with Crippen molar-refractivity contribution in [2.45, 2.75) is 45.1 Å². The van der Waals surface area contributed by atoms with Gasteiger partial charge in [-0.1, -0.05) is 13.3 Å². The van der Waals surface area contributed by atoms with Crippen LogP contribution in [0.3, 0.4) is 0 Å². The van der Waals surface area contributed by atoms with Crippen molar-refractivity contribution in [3.8, 4) is 0 Å². The van der Waals surface area contributed by atoms with Crippen LogP contribution in [0.15, 0.2) is 0 Å². The van der Waals surface area contributed by atoms with Crippen molar-refractivity contribution >= 4 is 17.8 Å². The molecule has 102 valence electrons. The standard InChI is InChI=1S/C12H20N2O4/c1-3-5-12(11(17)18)6-4-7-14(12)10(16)8-13-9(2)15/h3-8H2,1-2H3,(H,13,15)(H,17,18). The second-order valence-corrected chi connectivity index (χ2v) is 4.65. The predicted molar refractivity (Wildman–Crippen MR) is 64.9 cm³/mol. The summed E-state index contributed by atoms with van der Waals surface area (Å²) in [7, 11) is 0. The number of carboxylic acids is 1. The predicted octanol–water partition coefficient (Wildman–Crippen LogP) is 0.368. The Labute approximate surface area is 106 Å². The van der Waals surface area contributed by atoms with Gasteiger partial charge in [0, 0.05) is 13.5 Å². The molecule has 6 nitrogen and oxygen atoms in total. The van der Waals surface area contributed by atoms with E-state index in [0.29, 0.717) is 32.2 Å². The van der Waals surface area contributed by atoms with Gasteiger partial charge >= 0.3 is 5.97 Å². The van der Waals surface area contributed by atoms with Crippen LogP contribution in [-0.4, -0.2) is 46.4 Å². The van der Waals surface area contributed by atoms with Gasteiger partial charge in [0.25, 0.3) is 0 Å². The molecular weight excluding hydrogens is 236 g/mol. The first-order valence-electron chi connectivity index (χ1n) is 6.22. The molecule has 1 aliphatic rings. The number of likely N-dealkylation sites (tertiary alicyclic amines) is 1. The molecule has 0 saturated carbocycles. The summed E-state index contributed by atoms with van der Waals surface area (Å²) in [5.41, 5.74) is -1.08. The number of nitrogens with zero attached hydrogens (tertiary/aromatic N) is 1. The molecular formula is C12H20N2O4.